The molecule has 0 aliphatic carbocycles. The van der Waals surface area contributed by atoms with Crippen LogP contribution in [0.4, 0.5) is 0 Å². The van der Waals surface area contributed by atoms with Crippen molar-refractivity contribution in [1.29, 1.82) is 0 Å². The molecule has 3 atom stereocenters. The van der Waals surface area contributed by atoms with Gasteiger partial charge in [0.25, 0.3) is 7.82 Å². The van der Waals surface area contributed by atoms with E-state index < -0.39 is 20.0 Å². The number of amides is 1. The highest BCUT2D eigenvalue weighted by Crippen LogP contribution is 2.38. The van der Waals surface area contributed by atoms with Gasteiger partial charge in [-0.25, -0.2) is 0 Å². The average molecular weight is 759 g/mol. The molecule has 3 unspecified atom stereocenters. The Bertz CT molecular complexity index is 865. The molecule has 52 heavy (non-hydrogen) atoms. The molecule has 8 nitrogen and oxygen atoms in total. The molecular weight excluding hydrogens is 671 g/mol. The number of unbranched alkanes of at least 4 members (excludes halogenated alkanes) is 25. The van der Waals surface area contributed by atoms with Crippen LogP contribution in [-0.2, 0) is 18.4 Å². The zero-order valence-corrected chi connectivity index (χ0v) is 35.9. The number of carbonyl (C=O) groups excluding carboxylic acids is 1. The largest absolute Gasteiger partial charge is 0.756 e. The highest BCUT2D eigenvalue weighted by molar-refractivity contribution is 7.45. The summed E-state index contributed by atoms with van der Waals surface area (Å²) in [4.78, 5) is 25.3. The molecule has 0 aromatic rings. The van der Waals surface area contributed by atoms with Gasteiger partial charge in [-0.05, 0) is 38.5 Å². The summed E-state index contributed by atoms with van der Waals surface area (Å²) in [5.74, 6) is -0.173. The maximum absolute atomic E-state index is 12.8. The molecule has 0 fully saturated rings. The van der Waals surface area contributed by atoms with E-state index in [1.807, 2.05) is 21.1 Å². The van der Waals surface area contributed by atoms with Gasteiger partial charge in [-0.15, -0.1) is 0 Å². The SMILES string of the molecule is CCCCCCC/C=C\CCCCCCCC(=O)NC(COP(=O)([O-])OCC[N+](C)(C)C)C(O)CCCCCCCCCCCCCCCCCC. The van der Waals surface area contributed by atoms with Crippen LogP contribution in [0.2, 0.25) is 0 Å². The van der Waals surface area contributed by atoms with E-state index in [1.165, 1.54) is 128 Å². The Hall–Kier alpha value is -0.760. The minimum Gasteiger partial charge on any atom is -0.756 e. The van der Waals surface area contributed by atoms with Crippen molar-refractivity contribution in [3.63, 3.8) is 0 Å². The summed E-state index contributed by atoms with van der Waals surface area (Å²) in [5.41, 5.74) is 0. The molecule has 0 saturated heterocycles. The number of aliphatic hydroxyl groups excluding tert-OH is 1. The van der Waals surface area contributed by atoms with Crippen molar-refractivity contribution in [3.05, 3.63) is 12.2 Å². The predicted octanol–water partition coefficient (Wildman–Crippen LogP) is 11.3. The molecule has 1 amide bonds. The Morgan fingerprint density at radius 2 is 1.06 bits per heavy atom. The number of likely N-dealkylation sites (N-methyl/N-ethyl adjacent to an activating group) is 1. The number of rotatable bonds is 40. The third kappa shape index (κ3) is 37.6. The zero-order valence-electron chi connectivity index (χ0n) is 35.0. The fraction of sp³-hybridized carbons (Fsp3) is 0.930. The van der Waals surface area contributed by atoms with Crippen molar-refractivity contribution >= 4 is 13.7 Å². The fourth-order valence-electron chi connectivity index (χ4n) is 6.45. The molecule has 0 aliphatic rings. The lowest BCUT2D eigenvalue weighted by Gasteiger charge is -2.30. The van der Waals surface area contributed by atoms with E-state index in [0.29, 0.717) is 23.9 Å². The topological polar surface area (TPSA) is 108 Å². The molecule has 0 bridgehead atoms. The number of aliphatic hydroxyl groups is 1. The van der Waals surface area contributed by atoms with E-state index in [2.05, 4.69) is 31.3 Å². The summed E-state index contributed by atoms with van der Waals surface area (Å²) >= 11 is 0. The molecule has 0 spiro atoms. The van der Waals surface area contributed by atoms with Crippen molar-refractivity contribution in [2.24, 2.45) is 0 Å². The van der Waals surface area contributed by atoms with Gasteiger partial charge in [-0.3, -0.25) is 9.36 Å². The maximum Gasteiger partial charge on any atom is 0.268 e. The lowest BCUT2D eigenvalue weighted by molar-refractivity contribution is -0.870. The summed E-state index contributed by atoms with van der Waals surface area (Å²) in [6.45, 7) is 4.71. The van der Waals surface area contributed by atoms with Crippen molar-refractivity contribution in [3.8, 4) is 0 Å². The lowest BCUT2D eigenvalue weighted by Crippen LogP contribution is -2.46. The second-order valence-corrected chi connectivity index (χ2v) is 17.8. The van der Waals surface area contributed by atoms with Crippen molar-refractivity contribution in [2.45, 2.75) is 219 Å². The second-order valence-electron chi connectivity index (χ2n) is 16.4. The van der Waals surface area contributed by atoms with Crippen LogP contribution in [0.3, 0.4) is 0 Å². The summed E-state index contributed by atoms with van der Waals surface area (Å²) in [5, 5.41) is 13.9. The van der Waals surface area contributed by atoms with Crippen LogP contribution in [0.1, 0.15) is 206 Å². The molecule has 310 valence electrons. The van der Waals surface area contributed by atoms with Gasteiger partial charge in [-0.1, -0.05) is 174 Å². The summed E-state index contributed by atoms with van der Waals surface area (Å²) < 4.78 is 23.2. The van der Waals surface area contributed by atoms with Crippen LogP contribution in [0, 0.1) is 0 Å². The highest BCUT2D eigenvalue weighted by Gasteiger charge is 2.24. The Balaban J connectivity index is 4.38. The molecule has 0 radical (unpaired) electrons. The number of allylic oxidation sites excluding steroid dienone is 2. The Morgan fingerprint density at radius 1 is 0.654 bits per heavy atom. The van der Waals surface area contributed by atoms with Crippen LogP contribution in [-0.4, -0.2) is 68.5 Å². The molecule has 0 heterocycles. The molecule has 0 aromatic heterocycles. The zero-order chi connectivity index (χ0) is 38.6. The number of carbonyl (C=O) groups is 1. The lowest BCUT2D eigenvalue weighted by atomic mass is 10.0. The van der Waals surface area contributed by atoms with Crippen LogP contribution < -0.4 is 10.2 Å². The molecule has 9 heteroatoms. The van der Waals surface area contributed by atoms with Gasteiger partial charge >= 0.3 is 0 Å². The van der Waals surface area contributed by atoms with E-state index in [0.717, 1.165) is 51.4 Å². The van der Waals surface area contributed by atoms with Crippen molar-refractivity contribution in [2.75, 3.05) is 40.9 Å². The number of phosphoric acid groups is 1. The number of nitrogens with zero attached hydrogens (tertiary/aromatic N) is 1. The van der Waals surface area contributed by atoms with Gasteiger partial charge in [0, 0.05) is 6.42 Å². The van der Waals surface area contributed by atoms with Crippen LogP contribution in [0.25, 0.3) is 0 Å². The van der Waals surface area contributed by atoms with Crippen molar-refractivity contribution < 1.29 is 32.9 Å². The number of nitrogens with one attached hydrogen (secondary N) is 1. The minimum absolute atomic E-state index is 0.0124. The van der Waals surface area contributed by atoms with Crippen LogP contribution >= 0.6 is 7.82 Å². The molecule has 0 saturated carbocycles. The number of phosphoric ester groups is 1. The normalized spacial score (nSPS) is 14.5. The van der Waals surface area contributed by atoms with Gasteiger partial charge in [0.1, 0.15) is 13.2 Å². The molecular formula is C43H87N2O6P. The third-order valence-corrected chi connectivity index (χ3v) is 11.0. The first kappa shape index (κ1) is 51.2. The van der Waals surface area contributed by atoms with Gasteiger partial charge in [0.15, 0.2) is 0 Å². The second kappa shape index (κ2) is 35.9. The monoisotopic (exact) mass is 759 g/mol. The van der Waals surface area contributed by atoms with Gasteiger partial charge < -0.3 is 28.8 Å². The Kier molecular flexibility index (Phi) is 35.4. The Morgan fingerprint density at radius 3 is 1.50 bits per heavy atom. The van der Waals surface area contributed by atoms with E-state index in [9.17, 15) is 19.4 Å². The first-order chi connectivity index (χ1) is 25.0. The minimum atomic E-state index is -4.56. The molecule has 0 rings (SSSR count). The van der Waals surface area contributed by atoms with Crippen molar-refractivity contribution in [1.82, 2.24) is 5.32 Å². The molecule has 0 aromatic carbocycles. The number of hydrogen-bond acceptors (Lipinski definition) is 6. The summed E-state index contributed by atoms with van der Waals surface area (Å²) in [6.07, 6.45) is 39.2. The molecule has 2 N–H and O–H groups in total. The average Bonchev–Trinajstić information content (AvgIpc) is 3.09. The quantitative estimate of drug-likeness (QED) is 0.0279. The van der Waals surface area contributed by atoms with Crippen LogP contribution in [0.15, 0.2) is 12.2 Å². The highest BCUT2D eigenvalue weighted by atomic mass is 31.2. The standard InChI is InChI=1S/C43H87N2O6P/c1-6-8-10-12-14-16-18-20-22-23-24-26-28-30-32-34-36-42(46)41(40-51-52(48,49)50-39-38-45(3,4)5)44-43(47)37-35-33-31-29-27-25-21-19-17-15-13-11-9-7-2/h19,21,41-42,46H,6-18,20,22-40H2,1-5H3,(H-,44,47,48,49)/b21-19-. The van der Waals surface area contributed by atoms with Gasteiger partial charge in [0.2, 0.25) is 5.91 Å². The van der Waals surface area contributed by atoms with Crippen LogP contribution in [0.5, 0.6) is 0 Å². The number of quaternary nitrogens is 1. The van der Waals surface area contributed by atoms with Gasteiger partial charge in [0.05, 0.1) is 39.9 Å². The van der Waals surface area contributed by atoms with E-state index in [1.54, 1.807) is 0 Å². The predicted molar refractivity (Wildman–Crippen MR) is 219 cm³/mol. The number of hydrogen-bond donors (Lipinski definition) is 2. The van der Waals surface area contributed by atoms with Gasteiger partial charge in [-0.2, -0.15) is 0 Å². The summed E-state index contributed by atoms with van der Waals surface area (Å²) in [6, 6.07) is -0.799. The summed E-state index contributed by atoms with van der Waals surface area (Å²) in [7, 11) is 1.30. The molecule has 0 aliphatic heterocycles. The maximum atomic E-state index is 12.8. The van der Waals surface area contributed by atoms with E-state index >= 15 is 0 Å². The van der Waals surface area contributed by atoms with E-state index in [4.69, 9.17) is 9.05 Å². The van der Waals surface area contributed by atoms with E-state index in [-0.39, 0.29) is 19.1 Å². The third-order valence-electron chi connectivity index (χ3n) is 10.0. The first-order valence-electron chi connectivity index (χ1n) is 22.0. The fourth-order valence-corrected chi connectivity index (χ4v) is 7.17. The first-order valence-corrected chi connectivity index (χ1v) is 23.5. The Labute approximate surface area is 322 Å². The smallest absolute Gasteiger partial charge is 0.268 e.